The molecular formula is C22H21P. The number of fused-ring (bicyclic) bond motifs is 2. The summed E-state index contributed by atoms with van der Waals surface area (Å²) in [7, 11) is 2.88. The predicted octanol–water partition coefficient (Wildman–Crippen LogP) is 6.14. The van der Waals surface area contributed by atoms with Crippen LogP contribution >= 0.6 is 9.24 Å². The van der Waals surface area contributed by atoms with Gasteiger partial charge >= 0.3 is 0 Å². The molecular weight excluding hydrogens is 295 g/mol. The Morgan fingerprint density at radius 2 is 1.43 bits per heavy atom. The number of hydrogen-bond acceptors (Lipinski definition) is 0. The largest absolute Gasteiger partial charge is 0.137 e. The molecule has 1 unspecified atom stereocenters. The van der Waals surface area contributed by atoms with Crippen molar-refractivity contribution in [3.63, 3.8) is 0 Å². The van der Waals surface area contributed by atoms with Gasteiger partial charge in [-0.25, -0.2) is 0 Å². The summed E-state index contributed by atoms with van der Waals surface area (Å²) in [5, 5.41) is 5.64. The molecule has 0 saturated carbocycles. The molecule has 0 saturated heterocycles. The molecule has 0 bridgehead atoms. The maximum Gasteiger partial charge on any atom is -0.00670 e. The van der Waals surface area contributed by atoms with Crippen molar-refractivity contribution in [2.75, 3.05) is 6.16 Å². The Balaban J connectivity index is 2.17. The summed E-state index contributed by atoms with van der Waals surface area (Å²) >= 11 is 0. The third kappa shape index (κ3) is 2.52. The first-order valence-corrected chi connectivity index (χ1v) is 9.20. The number of hydrogen-bond donors (Lipinski definition) is 0. The average molecular weight is 316 g/mol. The second kappa shape index (κ2) is 6.30. The van der Waals surface area contributed by atoms with Crippen LogP contribution in [-0.4, -0.2) is 6.16 Å². The second-order valence-electron chi connectivity index (χ2n) is 6.14. The monoisotopic (exact) mass is 316 g/mol. The van der Waals surface area contributed by atoms with E-state index in [0.29, 0.717) is 0 Å². The van der Waals surface area contributed by atoms with Crippen LogP contribution in [0, 0.1) is 0 Å². The fourth-order valence-corrected chi connectivity index (χ4v) is 4.08. The maximum atomic E-state index is 2.88. The van der Waals surface area contributed by atoms with E-state index in [0.717, 1.165) is 25.4 Å². The molecule has 114 valence electrons. The van der Waals surface area contributed by atoms with Crippen LogP contribution in [0.15, 0.2) is 66.8 Å². The molecule has 0 aromatic heterocycles. The van der Waals surface area contributed by atoms with Gasteiger partial charge < -0.3 is 0 Å². The van der Waals surface area contributed by atoms with E-state index in [1.54, 1.807) is 0 Å². The highest BCUT2D eigenvalue weighted by Crippen LogP contribution is 2.39. The molecule has 3 aromatic rings. The first-order valence-electron chi connectivity index (χ1n) is 8.38. The summed E-state index contributed by atoms with van der Waals surface area (Å²) in [6, 6.07) is 17.9. The standard InChI is InChI=1S/C22H21P/c23-15-14-19-17-10-4-6-12-20(17)22(16-8-2-1-3-9-16)21-13-7-5-11-18(19)21/h1-2,4-8,10-13H,3,9,14-15,23H2. The van der Waals surface area contributed by atoms with Crippen LogP contribution in [-0.2, 0) is 6.42 Å². The molecule has 1 aliphatic rings. The number of benzene rings is 3. The zero-order chi connectivity index (χ0) is 15.6. The lowest BCUT2D eigenvalue weighted by molar-refractivity contribution is 1.06. The van der Waals surface area contributed by atoms with E-state index < -0.39 is 0 Å². The molecule has 0 heterocycles. The lowest BCUT2D eigenvalue weighted by atomic mass is 9.85. The minimum Gasteiger partial charge on any atom is -0.137 e. The Kier molecular flexibility index (Phi) is 4.02. The van der Waals surface area contributed by atoms with Crippen molar-refractivity contribution >= 4 is 36.4 Å². The molecule has 0 N–H and O–H groups in total. The highest BCUT2D eigenvalue weighted by Gasteiger charge is 2.15. The van der Waals surface area contributed by atoms with Crippen molar-refractivity contribution in [1.29, 1.82) is 0 Å². The summed E-state index contributed by atoms with van der Waals surface area (Å²) in [4.78, 5) is 0. The summed E-state index contributed by atoms with van der Waals surface area (Å²) in [5.74, 6) is 0. The fraction of sp³-hybridized carbons (Fsp3) is 0.182. The van der Waals surface area contributed by atoms with Gasteiger partial charge in [0.05, 0.1) is 0 Å². The van der Waals surface area contributed by atoms with E-state index >= 15 is 0 Å². The van der Waals surface area contributed by atoms with E-state index in [9.17, 15) is 0 Å². The van der Waals surface area contributed by atoms with Gasteiger partial charge in [-0.05, 0) is 63.7 Å². The zero-order valence-corrected chi connectivity index (χ0v) is 14.4. The molecule has 1 aliphatic carbocycles. The van der Waals surface area contributed by atoms with Crippen molar-refractivity contribution in [3.05, 3.63) is 77.9 Å². The lowest BCUT2D eigenvalue weighted by Gasteiger charge is -2.19. The van der Waals surface area contributed by atoms with Crippen LogP contribution in [0.3, 0.4) is 0 Å². The molecule has 1 heteroatoms. The molecule has 0 nitrogen and oxygen atoms in total. The molecule has 0 fully saturated rings. The van der Waals surface area contributed by atoms with Crippen LogP contribution in [0.25, 0.3) is 27.1 Å². The molecule has 0 radical (unpaired) electrons. The topological polar surface area (TPSA) is 0 Å². The van der Waals surface area contributed by atoms with Gasteiger partial charge in [0, 0.05) is 0 Å². The van der Waals surface area contributed by atoms with E-state index in [2.05, 4.69) is 76.0 Å². The van der Waals surface area contributed by atoms with Crippen molar-refractivity contribution in [1.82, 2.24) is 0 Å². The first kappa shape index (κ1) is 14.7. The van der Waals surface area contributed by atoms with E-state index in [4.69, 9.17) is 0 Å². The molecule has 0 amide bonds. The zero-order valence-electron chi connectivity index (χ0n) is 13.3. The van der Waals surface area contributed by atoms with E-state index in [1.807, 2.05) is 0 Å². The van der Waals surface area contributed by atoms with Crippen LogP contribution < -0.4 is 0 Å². The van der Waals surface area contributed by atoms with Gasteiger partial charge in [0.15, 0.2) is 0 Å². The Labute approximate surface area is 140 Å². The van der Waals surface area contributed by atoms with Crippen molar-refractivity contribution in [2.24, 2.45) is 0 Å². The summed E-state index contributed by atoms with van der Waals surface area (Å²) < 4.78 is 0. The average Bonchev–Trinajstić information content (AvgIpc) is 2.62. The first-order chi connectivity index (χ1) is 11.4. The van der Waals surface area contributed by atoms with Gasteiger partial charge in [-0.1, -0.05) is 66.8 Å². The molecule has 0 spiro atoms. The fourth-order valence-electron chi connectivity index (χ4n) is 3.79. The Morgan fingerprint density at radius 3 is 1.96 bits per heavy atom. The lowest BCUT2D eigenvalue weighted by Crippen LogP contribution is -1.97. The van der Waals surface area contributed by atoms with Gasteiger partial charge in [-0.2, -0.15) is 0 Å². The third-order valence-corrected chi connectivity index (χ3v) is 5.06. The molecule has 4 rings (SSSR count). The summed E-state index contributed by atoms with van der Waals surface area (Å²) in [6.07, 6.45) is 11.2. The Hall–Kier alpha value is -1.91. The molecule has 3 aromatic carbocycles. The predicted molar refractivity (Wildman–Crippen MR) is 106 cm³/mol. The number of aryl methyl sites for hydroxylation is 1. The van der Waals surface area contributed by atoms with Crippen LogP contribution in [0.4, 0.5) is 0 Å². The van der Waals surface area contributed by atoms with Gasteiger partial charge in [-0.15, -0.1) is 9.24 Å². The van der Waals surface area contributed by atoms with Crippen molar-refractivity contribution in [3.8, 4) is 0 Å². The second-order valence-corrected chi connectivity index (χ2v) is 6.72. The minimum absolute atomic E-state index is 1.10. The SMILES string of the molecule is PCCc1c2ccccc2c(C2=CC=CCC2)c2ccccc12. The Morgan fingerprint density at radius 1 is 0.826 bits per heavy atom. The van der Waals surface area contributed by atoms with Crippen LogP contribution in [0.5, 0.6) is 0 Å². The van der Waals surface area contributed by atoms with Crippen molar-refractivity contribution < 1.29 is 0 Å². The highest BCUT2D eigenvalue weighted by molar-refractivity contribution is 7.16. The van der Waals surface area contributed by atoms with Crippen LogP contribution in [0.1, 0.15) is 24.0 Å². The smallest absolute Gasteiger partial charge is 0.00670 e. The number of rotatable bonds is 3. The maximum absolute atomic E-state index is 2.88. The summed E-state index contributed by atoms with van der Waals surface area (Å²) in [5.41, 5.74) is 4.40. The van der Waals surface area contributed by atoms with E-state index in [1.165, 1.54) is 38.2 Å². The highest BCUT2D eigenvalue weighted by atomic mass is 31.0. The molecule has 0 aliphatic heterocycles. The van der Waals surface area contributed by atoms with Gasteiger partial charge in [0.1, 0.15) is 0 Å². The minimum atomic E-state index is 1.10. The van der Waals surface area contributed by atoms with Gasteiger partial charge in [0.25, 0.3) is 0 Å². The Bertz CT molecular complexity index is 874. The quantitative estimate of drug-likeness (QED) is 0.402. The van der Waals surface area contributed by atoms with Crippen LogP contribution in [0.2, 0.25) is 0 Å². The van der Waals surface area contributed by atoms with Gasteiger partial charge in [0.2, 0.25) is 0 Å². The summed E-state index contributed by atoms with van der Waals surface area (Å²) in [6.45, 7) is 0. The number of allylic oxidation sites excluding steroid dienone is 4. The third-order valence-electron chi connectivity index (χ3n) is 4.77. The molecule has 1 atom stereocenters. The van der Waals surface area contributed by atoms with Gasteiger partial charge in [-0.3, -0.25) is 0 Å². The molecule has 23 heavy (non-hydrogen) atoms. The van der Waals surface area contributed by atoms with Crippen molar-refractivity contribution in [2.45, 2.75) is 19.3 Å². The normalized spacial score (nSPS) is 14.4. The van der Waals surface area contributed by atoms with E-state index in [-0.39, 0.29) is 0 Å².